The molecule has 3 heteroatoms. The van der Waals surface area contributed by atoms with Gasteiger partial charge in [-0.15, -0.1) is 0 Å². The molecular weight excluding hydrogens is 204 g/mol. The van der Waals surface area contributed by atoms with Gasteiger partial charge in [-0.25, -0.2) is 0 Å². The molecule has 1 aromatic heterocycles. The van der Waals surface area contributed by atoms with Crippen LogP contribution in [0.2, 0.25) is 0 Å². The van der Waals surface area contributed by atoms with Crippen LogP contribution in [0.25, 0.3) is 0 Å². The lowest BCUT2D eigenvalue weighted by atomic mass is 9.72. The zero-order valence-electron chi connectivity index (χ0n) is 8.93. The van der Waals surface area contributed by atoms with Gasteiger partial charge in [0.15, 0.2) is 0 Å². The van der Waals surface area contributed by atoms with E-state index in [9.17, 15) is 9.90 Å². The average Bonchev–Trinajstić information content (AvgIpc) is 2.92. The molecule has 2 bridgehead atoms. The Morgan fingerprint density at radius 3 is 2.94 bits per heavy atom. The minimum atomic E-state index is -0.680. The first-order valence-corrected chi connectivity index (χ1v) is 5.65. The van der Waals surface area contributed by atoms with E-state index in [1.807, 2.05) is 12.1 Å². The Labute approximate surface area is 93.8 Å². The zero-order chi connectivity index (χ0) is 11.2. The van der Waals surface area contributed by atoms with E-state index in [-0.39, 0.29) is 5.92 Å². The predicted octanol–water partition coefficient (Wildman–Crippen LogP) is 2.49. The maximum atomic E-state index is 11.6. The van der Waals surface area contributed by atoms with Crippen LogP contribution in [-0.4, -0.2) is 11.1 Å². The molecule has 16 heavy (non-hydrogen) atoms. The minimum Gasteiger partial charge on any atom is -0.481 e. The van der Waals surface area contributed by atoms with Crippen LogP contribution in [0.5, 0.6) is 0 Å². The topological polar surface area (TPSA) is 50.4 Å². The SMILES string of the molecule is O=C(O)C1(Cc2ccco2)CC2C=CC1C2. The summed E-state index contributed by atoms with van der Waals surface area (Å²) in [6, 6.07) is 3.67. The van der Waals surface area contributed by atoms with E-state index in [1.165, 1.54) is 0 Å². The van der Waals surface area contributed by atoms with Crippen molar-refractivity contribution < 1.29 is 14.3 Å². The highest BCUT2D eigenvalue weighted by Crippen LogP contribution is 2.53. The summed E-state index contributed by atoms with van der Waals surface area (Å²) in [7, 11) is 0. The predicted molar refractivity (Wildman–Crippen MR) is 57.8 cm³/mol. The lowest BCUT2D eigenvalue weighted by Crippen LogP contribution is -2.37. The number of rotatable bonds is 3. The Balaban J connectivity index is 1.93. The molecule has 3 nitrogen and oxygen atoms in total. The van der Waals surface area contributed by atoms with Crippen molar-refractivity contribution in [3.63, 3.8) is 0 Å². The summed E-state index contributed by atoms with van der Waals surface area (Å²) in [5, 5.41) is 9.51. The van der Waals surface area contributed by atoms with E-state index in [0.29, 0.717) is 12.3 Å². The molecule has 3 atom stereocenters. The van der Waals surface area contributed by atoms with Crippen molar-refractivity contribution in [1.29, 1.82) is 0 Å². The summed E-state index contributed by atoms with van der Waals surface area (Å²) in [5.41, 5.74) is -0.628. The van der Waals surface area contributed by atoms with Crippen molar-refractivity contribution in [1.82, 2.24) is 0 Å². The van der Waals surface area contributed by atoms with Crippen molar-refractivity contribution in [3.8, 4) is 0 Å². The third-order valence-corrected chi connectivity index (χ3v) is 4.00. The summed E-state index contributed by atoms with van der Waals surface area (Å²) >= 11 is 0. The maximum absolute atomic E-state index is 11.6. The molecule has 84 valence electrons. The Bertz CT molecular complexity index is 432. The molecule has 1 heterocycles. The number of hydrogen-bond donors (Lipinski definition) is 1. The summed E-state index contributed by atoms with van der Waals surface area (Å²) in [5.74, 6) is 0.736. The fourth-order valence-corrected chi connectivity index (χ4v) is 3.20. The normalized spacial score (nSPS) is 35.8. The van der Waals surface area contributed by atoms with Crippen LogP contribution >= 0.6 is 0 Å². The quantitative estimate of drug-likeness (QED) is 0.793. The van der Waals surface area contributed by atoms with Crippen molar-refractivity contribution in [2.45, 2.75) is 19.3 Å². The third-order valence-electron chi connectivity index (χ3n) is 4.00. The highest BCUT2D eigenvalue weighted by atomic mass is 16.4. The Hall–Kier alpha value is -1.51. The standard InChI is InChI=1S/C13H14O3/c14-12(15)13(8-11-2-1-5-16-11)7-9-3-4-10(13)6-9/h1-5,9-10H,6-8H2,(H,14,15). The molecule has 0 spiro atoms. The Kier molecular flexibility index (Phi) is 1.96. The first kappa shape index (κ1) is 9.70. The fraction of sp³-hybridized carbons (Fsp3) is 0.462. The van der Waals surface area contributed by atoms with E-state index >= 15 is 0 Å². The molecular formula is C13H14O3. The van der Waals surface area contributed by atoms with Crippen LogP contribution in [0, 0.1) is 17.3 Å². The molecule has 0 amide bonds. The second kappa shape index (κ2) is 3.24. The number of carboxylic acids is 1. The van der Waals surface area contributed by atoms with Crippen LogP contribution in [0.15, 0.2) is 35.0 Å². The van der Waals surface area contributed by atoms with Crippen LogP contribution in [0.4, 0.5) is 0 Å². The molecule has 1 saturated carbocycles. The van der Waals surface area contributed by atoms with Gasteiger partial charge in [0.25, 0.3) is 0 Å². The van der Waals surface area contributed by atoms with Crippen molar-refractivity contribution in [2.75, 3.05) is 0 Å². The van der Waals surface area contributed by atoms with Crippen molar-refractivity contribution >= 4 is 5.97 Å². The monoisotopic (exact) mass is 218 g/mol. The van der Waals surface area contributed by atoms with Gasteiger partial charge in [0, 0.05) is 6.42 Å². The van der Waals surface area contributed by atoms with Gasteiger partial charge in [0.1, 0.15) is 5.76 Å². The number of hydrogen-bond acceptors (Lipinski definition) is 2. The molecule has 1 aromatic rings. The number of furan rings is 1. The Morgan fingerprint density at radius 2 is 2.44 bits per heavy atom. The summed E-state index contributed by atoms with van der Waals surface area (Å²) < 4.78 is 5.29. The van der Waals surface area contributed by atoms with Crippen molar-refractivity contribution in [2.24, 2.45) is 17.3 Å². The molecule has 0 radical (unpaired) electrons. The zero-order valence-corrected chi connectivity index (χ0v) is 8.93. The summed E-state index contributed by atoms with van der Waals surface area (Å²) in [6.07, 6.45) is 8.10. The van der Waals surface area contributed by atoms with Gasteiger partial charge in [0.2, 0.25) is 0 Å². The number of allylic oxidation sites excluding steroid dienone is 2. The summed E-state index contributed by atoms with van der Waals surface area (Å²) in [4.78, 5) is 11.6. The first-order chi connectivity index (χ1) is 7.71. The van der Waals surface area contributed by atoms with E-state index in [2.05, 4.69) is 12.2 Å². The van der Waals surface area contributed by atoms with Gasteiger partial charge >= 0.3 is 5.97 Å². The summed E-state index contributed by atoms with van der Waals surface area (Å²) in [6.45, 7) is 0. The first-order valence-electron chi connectivity index (χ1n) is 5.65. The van der Waals surface area contributed by atoms with Gasteiger partial charge in [-0.2, -0.15) is 0 Å². The second-order valence-corrected chi connectivity index (χ2v) is 4.91. The highest BCUT2D eigenvalue weighted by molar-refractivity contribution is 5.77. The van der Waals surface area contributed by atoms with E-state index < -0.39 is 11.4 Å². The largest absolute Gasteiger partial charge is 0.481 e. The molecule has 1 fully saturated rings. The van der Waals surface area contributed by atoms with Gasteiger partial charge in [0.05, 0.1) is 11.7 Å². The fourth-order valence-electron chi connectivity index (χ4n) is 3.20. The minimum absolute atomic E-state index is 0.181. The molecule has 3 unspecified atom stereocenters. The smallest absolute Gasteiger partial charge is 0.310 e. The molecule has 0 saturated heterocycles. The molecule has 1 N–H and O–H groups in total. The van der Waals surface area contributed by atoms with Crippen LogP contribution in [0.1, 0.15) is 18.6 Å². The van der Waals surface area contributed by atoms with E-state index in [0.717, 1.165) is 18.6 Å². The maximum Gasteiger partial charge on any atom is 0.310 e. The van der Waals surface area contributed by atoms with E-state index in [4.69, 9.17) is 4.42 Å². The lowest BCUT2D eigenvalue weighted by molar-refractivity contribution is -0.150. The number of carbonyl (C=O) groups is 1. The van der Waals surface area contributed by atoms with Crippen LogP contribution < -0.4 is 0 Å². The molecule has 0 aromatic carbocycles. The van der Waals surface area contributed by atoms with Gasteiger partial charge in [-0.3, -0.25) is 4.79 Å². The second-order valence-electron chi connectivity index (χ2n) is 4.91. The molecule has 2 aliphatic carbocycles. The Morgan fingerprint density at radius 1 is 1.56 bits per heavy atom. The molecule has 2 aliphatic rings. The molecule has 0 aliphatic heterocycles. The van der Waals surface area contributed by atoms with Gasteiger partial charge < -0.3 is 9.52 Å². The van der Waals surface area contributed by atoms with Gasteiger partial charge in [-0.05, 0) is 36.8 Å². The highest BCUT2D eigenvalue weighted by Gasteiger charge is 2.53. The number of fused-ring (bicyclic) bond motifs is 2. The van der Waals surface area contributed by atoms with E-state index in [1.54, 1.807) is 6.26 Å². The lowest BCUT2D eigenvalue weighted by Gasteiger charge is -2.30. The third kappa shape index (κ3) is 1.24. The number of aliphatic carboxylic acids is 1. The van der Waals surface area contributed by atoms with Gasteiger partial charge in [-0.1, -0.05) is 12.2 Å². The molecule has 3 rings (SSSR count). The average molecular weight is 218 g/mol. The van der Waals surface area contributed by atoms with Crippen LogP contribution in [-0.2, 0) is 11.2 Å². The van der Waals surface area contributed by atoms with Crippen molar-refractivity contribution in [3.05, 3.63) is 36.3 Å². The number of carboxylic acid groups (broad SMARTS) is 1. The van der Waals surface area contributed by atoms with Crippen LogP contribution in [0.3, 0.4) is 0 Å².